The van der Waals surface area contributed by atoms with Crippen LogP contribution in [0.1, 0.15) is 0 Å². The molecule has 0 saturated heterocycles. The number of halogens is 3. The summed E-state index contributed by atoms with van der Waals surface area (Å²) in [7, 11) is 1.18. The fraction of sp³-hybridized carbons (Fsp3) is 0.143. The van der Waals surface area contributed by atoms with Gasteiger partial charge in [0.1, 0.15) is 0 Å². The fourth-order valence-electron chi connectivity index (χ4n) is 0.661. The second kappa shape index (κ2) is 2.82. The summed E-state index contributed by atoms with van der Waals surface area (Å²) in [5, 5.41) is 0. The summed E-state index contributed by atoms with van der Waals surface area (Å²) < 4.78 is 41.4. The van der Waals surface area contributed by atoms with E-state index in [1.807, 2.05) is 0 Å². The Hall–Kier alpha value is -1.19. The highest BCUT2D eigenvalue weighted by atomic mass is 19.2. The second-order valence-corrected chi connectivity index (χ2v) is 1.90. The monoisotopic (exact) mass is 162 g/mol. The predicted octanol–water partition coefficient (Wildman–Crippen LogP) is 2.11. The molecule has 0 N–H and O–H groups in total. The van der Waals surface area contributed by atoms with Gasteiger partial charge >= 0.3 is 0 Å². The number of rotatable bonds is 1. The minimum Gasteiger partial charge on any atom is -0.494 e. The molecule has 1 rings (SSSR count). The van der Waals surface area contributed by atoms with Gasteiger partial charge in [0, 0.05) is 12.1 Å². The third-order valence-electron chi connectivity index (χ3n) is 1.19. The average Bonchev–Trinajstić information content (AvgIpc) is 1.97. The Balaban J connectivity index is 3.21. The van der Waals surface area contributed by atoms with Crippen molar-refractivity contribution in [3.05, 3.63) is 29.6 Å². The minimum absolute atomic E-state index is 0.302. The van der Waals surface area contributed by atoms with Crippen LogP contribution in [-0.2, 0) is 0 Å². The molecule has 0 amide bonds. The predicted molar refractivity (Wildman–Crippen MR) is 32.9 cm³/mol. The van der Waals surface area contributed by atoms with Crippen LogP contribution in [0.3, 0.4) is 0 Å². The molecule has 0 spiro atoms. The lowest BCUT2D eigenvalue weighted by molar-refractivity contribution is 0.376. The molecule has 1 aromatic carbocycles. The zero-order valence-corrected chi connectivity index (χ0v) is 5.70. The molecular formula is C7H5F3O. The van der Waals surface area contributed by atoms with E-state index in [2.05, 4.69) is 4.74 Å². The van der Waals surface area contributed by atoms with Gasteiger partial charge in [0.2, 0.25) is 0 Å². The lowest BCUT2D eigenvalue weighted by Gasteiger charge is -2.00. The number of methoxy groups -OCH3 is 1. The Labute approximate surface area is 61.4 Å². The van der Waals surface area contributed by atoms with Crippen molar-refractivity contribution in [3.8, 4) is 5.75 Å². The van der Waals surface area contributed by atoms with Gasteiger partial charge in [0.25, 0.3) is 0 Å². The van der Waals surface area contributed by atoms with Gasteiger partial charge in [-0.25, -0.2) is 13.2 Å². The van der Waals surface area contributed by atoms with Crippen molar-refractivity contribution in [2.45, 2.75) is 0 Å². The summed E-state index contributed by atoms with van der Waals surface area (Å²) in [4.78, 5) is 0. The molecule has 0 aromatic heterocycles. The highest BCUT2D eigenvalue weighted by Gasteiger charge is 2.08. The first kappa shape index (κ1) is 7.91. The van der Waals surface area contributed by atoms with Gasteiger partial charge in [-0.15, -0.1) is 0 Å². The summed E-state index contributed by atoms with van der Waals surface area (Å²) in [6.07, 6.45) is 0. The van der Waals surface area contributed by atoms with Crippen LogP contribution in [0.2, 0.25) is 0 Å². The molecule has 0 radical (unpaired) electrons. The zero-order chi connectivity index (χ0) is 8.43. The topological polar surface area (TPSA) is 9.23 Å². The molecule has 0 heterocycles. The summed E-state index contributed by atoms with van der Waals surface area (Å²) >= 11 is 0. The standard InChI is InChI=1S/C7H5F3O/c1-11-7-3-5(9)4(8)2-6(7)10/h2-3H,1H3. The molecule has 0 aliphatic carbocycles. The first-order valence-corrected chi connectivity index (χ1v) is 2.83. The molecule has 4 heteroatoms. The van der Waals surface area contributed by atoms with Crippen molar-refractivity contribution < 1.29 is 17.9 Å². The Kier molecular flexibility index (Phi) is 2.03. The van der Waals surface area contributed by atoms with Crippen LogP contribution in [0, 0.1) is 17.5 Å². The van der Waals surface area contributed by atoms with Gasteiger partial charge in [-0.1, -0.05) is 0 Å². The van der Waals surface area contributed by atoms with E-state index in [0.29, 0.717) is 12.1 Å². The molecule has 60 valence electrons. The van der Waals surface area contributed by atoms with Crippen molar-refractivity contribution in [1.29, 1.82) is 0 Å². The first-order valence-electron chi connectivity index (χ1n) is 2.83. The van der Waals surface area contributed by atoms with Crippen LogP contribution in [0.25, 0.3) is 0 Å². The molecule has 0 saturated carbocycles. The Morgan fingerprint density at radius 1 is 1.00 bits per heavy atom. The van der Waals surface area contributed by atoms with E-state index in [4.69, 9.17) is 0 Å². The SMILES string of the molecule is COc1cc(F)c(F)cc1F. The molecule has 0 bridgehead atoms. The zero-order valence-electron chi connectivity index (χ0n) is 5.70. The largest absolute Gasteiger partial charge is 0.494 e. The van der Waals surface area contributed by atoms with Gasteiger partial charge in [0.05, 0.1) is 7.11 Å². The van der Waals surface area contributed by atoms with E-state index < -0.39 is 17.5 Å². The molecule has 1 nitrogen and oxygen atoms in total. The van der Waals surface area contributed by atoms with Crippen molar-refractivity contribution in [2.75, 3.05) is 7.11 Å². The number of hydrogen-bond acceptors (Lipinski definition) is 1. The Bertz CT molecular complexity index is 273. The number of hydrogen-bond donors (Lipinski definition) is 0. The van der Waals surface area contributed by atoms with E-state index in [0.717, 1.165) is 0 Å². The molecule has 0 atom stereocenters. The Morgan fingerprint density at radius 3 is 2.09 bits per heavy atom. The van der Waals surface area contributed by atoms with Crippen LogP contribution in [-0.4, -0.2) is 7.11 Å². The van der Waals surface area contributed by atoms with Crippen molar-refractivity contribution in [3.63, 3.8) is 0 Å². The molecule has 0 fully saturated rings. The van der Waals surface area contributed by atoms with Crippen molar-refractivity contribution in [1.82, 2.24) is 0 Å². The van der Waals surface area contributed by atoms with Crippen LogP contribution < -0.4 is 4.74 Å². The lowest BCUT2D eigenvalue weighted by Crippen LogP contribution is -1.92. The fourth-order valence-corrected chi connectivity index (χ4v) is 0.661. The third-order valence-corrected chi connectivity index (χ3v) is 1.19. The maximum absolute atomic E-state index is 12.5. The van der Waals surface area contributed by atoms with E-state index in [1.165, 1.54) is 7.11 Å². The van der Waals surface area contributed by atoms with Crippen LogP contribution >= 0.6 is 0 Å². The van der Waals surface area contributed by atoms with Crippen LogP contribution in [0.4, 0.5) is 13.2 Å². The minimum atomic E-state index is -1.22. The third kappa shape index (κ3) is 1.45. The first-order chi connectivity index (χ1) is 5.15. The van der Waals surface area contributed by atoms with Gasteiger partial charge in [0.15, 0.2) is 23.2 Å². The molecular weight excluding hydrogens is 157 g/mol. The lowest BCUT2D eigenvalue weighted by atomic mass is 10.3. The molecule has 1 aromatic rings. The number of benzene rings is 1. The summed E-state index contributed by atoms with van der Waals surface area (Å²) in [5.41, 5.74) is 0. The second-order valence-electron chi connectivity index (χ2n) is 1.90. The average molecular weight is 162 g/mol. The quantitative estimate of drug-likeness (QED) is 0.574. The summed E-state index contributed by atoms with van der Waals surface area (Å²) in [6, 6.07) is 1.10. The molecule has 0 aliphatic rings. The van der Waals surface area contributed by atoms with Gasteiger partial charge in [-0.2, -0.15) is 0 Å². The maximum Gasteiger partial charge on any atom is 0.168 e. The smallest absolute Gasteiger partial charge is 0.168 e. The highest BCUT2D eigenvalue weighted by molar-refractivity contribution is 5.25. The van der Waals surface area contributed by atoms with E-state index in [1.54, 1.807) is 0 Å². The van der Waals surface area contributed by atoms with Crippen LogP contribution in [0.15, 0.2) is 12.1 Å². The molecule has 11 heavy (non-hydrogen) atoms. The van der Waals surface area contributed by atoms with E-state index in [9.17, 15) is 13.2 Å². The molecule has 0 unspecified atom stereocenters. The summed E-state index contributed by atoms with van der Waals surface area (Å²) in [5.74, 6) is -3.55. The van der Waals surface area contributed by atoms with Gasteiger partial charge in [-0.3, -0.25) is 0 Å². The van der Waals surface area contributed by atoms with E-state index in [-0.39, 0.29) is 5.75 Å². The van der Waals surface area contributed by atoms with E-state index >= 15 is 0 Å². The van der Waals surface area contributed by atoms with Crippen molar-refractivity contribution in [2.24, 2.45) is 0 Å². The Morgan fingerprint density at radius 2 is 1.55 bits per heavy atom. The van der Waals surface area contributed by atoms with Gasteiger partial charge < -0.3 is 4.74 Å². The highest BCUT2D eigenvalue weighted by Crippen LogP contribution is 2.19. The normalized spacial score (nSPS) is 9.82. The number of ether oxygens (including phenoxy) is 1. The van der Waals surface area contributed by atoms with Crippen LogP contribution in [0.5, 0.6) is 5.75 Å². The maximum atomic E-state index is 12.5. The van der Waals surface area contributed by atoms with Crippen molar-refractivity contribution >= 4 is 0 Å². The molecule has 0 aliphatic heterocycles. The van der Waals surface area contributed by atoms with Gasteiger partial charge in [-0.05, 0) is 0 Å². The summed E-state index contributed by atoms with van der Waals surface area (Å²) in [6.45, 7) is 0.